The van der Waals surface area contributed by atoms with Gasteiger partial charge in [0, 0.05) is 63.9 Å². The molecular weight excluding hydrogens is 743 g/mol. The Morgan fingerprint density at radius 2 is 0.931 bits per heavy atom. The van der Waals surface area contributed by atoms with Crippen molar-refractivity contribution in [3.8, 4) is 33.4 Å². The van der Waals surface area contributed by atoms with Crippen LogP contribution in [0.3, 0.4) is 0 Å². The number of hydrogen-bond acceptors (Lipinski definition) is 4. The molecule has 0 bridgehead atoms. The van der Waals surface area contributed by atoms with Crippen molar-refractivity contribution in [1.82, 2.24) is 0 Å². The molecule has 0 radical (unpaired) electrons. The van der Waals surface area contributed by atoms with Crippen molar-refractivity contribution in [2.45, 2.75) is 0 Å². The van der Waals surface area contributed by atoms with Crippen LogP contribution in [0.2, 0.25) is 0 Å². The maximum atomic E-state index is 6.45. The Morgan fingerprint density at radius 3 is 1.78 bits per heavy atom. The first-order valence-electron chi connectivity index (χ1n) is 19.6. The van der Waals surface area contributed by atoms with Gasteiger partial charge in [-0.2, -0.15) is 0 Å². The number of benzene rings is 9. The van der Waals surface area contributed by atoms with E-state index in [1.807, 2.05) is 34.8 Å². The molecule has 0 amide bonds. The molecule has 0 aliphatic carbocycles. The summed E-state index contributed by atoms with van der Waals surface area (Å²) in [5.74, 6) is 0. The lowest BCUT2D eigenvalue weighted by Gasteiger charge is -2.26. The molecule has 58 heavy (non-hydrogen) atoms. The van der Waals surface area contributed by atoms with E-state index in [0.717, 1.165) is 39.0 Å². The van der Waals surface area contributed by atoms with Crippen LogP contribution < -0.4 is 4.90 Å². The van der Waals surface area contributed by atoms with Crippen LogP contribution in [0.4, 0.5) is 17.1 Å². The SMILES string of the molecule is c1ccc(-c2cccc3c2sc2c(N(c4ccc(-c5ccc(-c6cccc7sc8ccccc8c67)cc5)cc4)c4ccc5c(c4)oc4ccccc45)cccc23)cc1. The average molecular weight is 776 g/mol. The van der Waals surface area contributed by atoms with E-state index in [1.54, 1.807) is 0 Å². The Balaban J connectivity index is 0.978. The fourth-order valence-corrected chi connectivity index (χ4v) is 11.2. The lowest BCUT2D eigenvalue weighted by atomic mass is 9.97. The third-order valence-electron chi connectivity index (χ3n) is 11.5. The van der Waals surface area contributed by atoms with Crippen LogP contribution >= 0.6 is 22.7 Å². The summed E-state index contributed by atoms with van der Waals surface area (Å²) in [5, 5.41) is 7.45. The minimum atomic E-state index is 0.876. The van der Waals surface area contributed by atoms with Crippen molar-refractivity contribution >= 4 is 102 Å². The zero-order valence-corrected chi connectivity index (χ0v) is 32.9. The first-order chi connectivity index (χ1) is 28.7. The van der Waals surface area contributed by atoms with Gasteiger partial charge in [-0.3, -0.25) is 0 Å². The number of furan rings is 1. The van der Waals surface area contributed by atoms with Gasteiger partial charge in [0.1, 0.15) is 11.2 Å². The van der Waals surface area contributed by atoms with Crippen LogP contribution in [0.15, 0.2) is 205 Å². The second-order valence-corrected chi connectivity index (χ2v) is 16.9. The molecule has 0 saturated heterocycles. The molecule has 0 atom stereocenters. The zero-order chi connectivity index (χ0) is 38.2. The van der Waals surface area contributed by atoms with E-state index in [1.165, 1.54) is 73.7 Å². The van der Waals surface area contributed by atoms with Gasteiger partial charge < -0.3 is 9.32 Å². The largest absolute Gasteiger partial charge is 0.456 e. The van der Waals surface area contributed by atoms with Crippen LogP contribution in [-0.2, 0) is 0 Å². The van der Waals surface area contributed by atoms with Crippen LogP contribution in [0.1, 0.15) is 0 Å². The van der Waals surface area contributed by atoms with Crippen molar-refractivity contribution in [3.63, 3.8) is 0 Å². The van der Waals surface area contributed by atoms with E-state index in [0.29, 0.717) is 0 Å². The van der Waals surface area contributed by atoms with E-state index in [-0.39, 0.29) is 0 Å². The van der Waals surface area contributed by atoms with Crippen LogP contribution in [-0.4, -0.2) is 0 Å². The fourth-order valence-electron chi connectivity index (χ4n) is 8.77. The topological polar surface area (TPSA) is 16.4 Å². The third kappa shape index (κ3) is 5.30. The van der Waals surface area contributed by atoms with Crippen molar-refractivity contribution in [3.05, 3.63) is 200 Å². The summed E-state index contributed by atoms with van der Waals surface area (Å²) in [6.45, 7) is 0. The summed E-state index contributed by atoms with van der Waals surface area (Å²) in [4.78, 5) is 2.39. The Morgan fingerprint density at radius 1 is 0.345 bits per heavy atom. The fraction of sp³-hybridized carbons (Fsp3) is 0. The molecule has 12 aromatic rings. The van der Waals surface area contributed by atoms with E-state index in [2.05, 4.69) is 193 Å². The highest BCUT2D eigenvalue weighted by Crippen LogP contribution is 2.48. The van der Waals surface area contributed by atoms with Crippen molar-refractivity contribution in [2.24, 2.45) is 0 Å². The first-order valence-corrected chi connectivity index (χ1v) is 21.2. The summed E-state index contributed by atoms with van der Waals surface area (Å²) in [6.07, 6.45) is 0. The zero-order valence-electron chi connectivity index (χ0n) is 31.2. The lowest BCUT2D eigenvalue weighted by molar-refractivity contribution is 0.669. The Bertz CT molecular complexity index is 3500. The molecule has 0 saturated carbocycles. The molecule has 0 unspecified atom stereocenters. The predicted octanol–water partition coefficient (Wildman–Crippen LogP) is 16.8. The summed E-state index contributed by atoms with van der Waals surface area (Å²) in [7, 11) is 0. The Kier molecular flexibility index (Phi) is 7.62. The molecule has 3 heterocycles. The maximum Gasteiger partial charge on any atom is 0.137 e. The number of anilines is 3. The molecule has 3 aromatic heterocycles. The molecule has 0 aliphatic heterocycles. The summed E-state index contributed by atoms with van der Waals surface area (Å²) < 4.78 is 11.6. The van der Waals surface area contributed by atoms with E-state index < -0.39 is 0 Å². The monoisotopic (exact) mass is 775 g/mol. The van der Waals surface area contributed by atoms with Gasteiger partial charge in [-0.25, -0.2) is 0 Å². The van der Waals surface area contributed by atoms with Crippen molar-refractivity contribution in [2.75, 3.05) is 4.90 Å². The number of nitrogens with zero attached hydrogens (tertiary/aromatic N) is 1. The van der Waals surface area contributed by atoms with Crippen LogP contribution in [0.5, 0.6) is 0 Å². The highest BCUT2D eigenvalue weighted by atomic mass is 32.1. The summed E-state index contributed by atoms with van der Waals surface area (Å²) in [5.41, 5.74) is 12.4. The van der Waals surface area contributed by atoms with Gasteiger partial charge in [0.05, 0.1) is 10.4 Å². The summed E-state index contributed by atoms with van der Waals surface area (Å²) >= 11 is 3.74. The number of thiophene rings is 2. The number of fused-ring (bicyclic) bond motifs is 9. The van der Waals surface area contributed by atoms with Gasteiger partial charge >= 0.3 is 0 Å². The van der Waals surface area contributed by atoms with E-state index >= 15 is 0 Å². The molecule has 0 aliphatic rings. The first kappa shape index (κ1) is 33.2. The quantitative estimate of drug-likeness (QED) is 0.167. The second kappa shape index (κ2) is 13.3. The Labute approximate surface area is 343 Å². The lowest BCUT2D eigenvalue weighted by Crippen LogP contribution is -2.10. The number of para-hydroxylation sites is 1. The molecule has 12 rings (SSSR count). The molecular formula is C54H33NOS2. The van der Waals surface area contributed by atoms with Gasteiger partial charge in [-0.15, -0.1) is 22.7 Å². The van der Waals surface area contributed by atoms with Crippen molar-refractivity contribution in [1.29, 1.82) is 0 Å². The van der Waals surface area contributed by atoms with Gasteiger partial charge in [0.25, 0.3) is 0 Å². The smallest absolute Gasteiger partial charge is 0.137 e. The minimum Gasteiger partial charge on any atom is -0.456 e. The maximum absolute atomic E-state index is 6.45. The van der Waals surface area contributed by atoms with Gasteiger partial charge in [-0.1, -0.05) is 146 Å². The number of rotatable bonds is 6. The Hall–Kier alpha value is -6.98. The molecule has 4 heteroatoms. The standard InChI is InChI=1S/C54H33NOS2/c1-2-11-36(12-3-1)41-16-8-17-44-45-18-9-19-47(54(45)58-53(41)44)55(39-31-32-43-42-13-4-6-20-48(42)56-49(43)33-39)38-29-27-35(28-30-38)34-23-25-37(26-24-34)40-15-10-22-51-52(40)46-14-5-7-21-50(46)57-51/h1-33H. The molecule has 2 nitrogen and oxygen atoms in total. The molecule has 0 N–H and O–H groups in total. The van der Waals surface area contributed by atoms with Crippen LogP contribution in [0, 0.1) is 0 Å². The molecule has 0 spiro atoms. The van der Waals surface area contributed by atoms with E-state index in [4.69, 9.17) is 4.42 Å². The second-order valence-electron chi connectivity index (χ2n) is 14.8. The minimum absolute atomic E-state index is 0.876. The highest BCUT2D eigenvalue weighted by molar-refractivity contribution is 7.27. The van der Waals surface area contributed by atoms with Gasteiger partial charge in [0.2, 0.25) is 0 Å². The van der Waals surface area contributed by atoms with Crippen LogP contribution in [0.25, 0.3) is 95.7 Å². The molecule has 0 fully saturated rings. The highest BCUT2D eigenvalue weighted by Gasteiger charge is 2.21. The van der Waals surface area contributed by atoms with E-state index in [9.17, 15) is 0 Å². The number of hydrogen-bond donors (Lipinski definition) is 0. The third-order valence-corrected chi connectivity index (χ3v) is 13.9. The predicted molar refractivity (Wildman–Crippen MR) is 250 cm³/mol. The normalized spacial score (nSPS) is 11.8. The molecule has 9 aromatic carbocycles. The molecule has 272 valence electrons. The van der Waals surface area contributed by atoms with Crippen molar-refractivity contribution < 1.29 is 4.42 Å². The average Bonchev–Trinajstić information content (AvgIpc) is 3.99. The van der Waals surface area contributed by atoms with Gasteiger partial charge in [-0.05, 0) is 81.9 Å². The summed E-state index contributed by atoms with van der Waals surface area (Å²) in [6, 6.07) is 72.5. The van der Waals surface area contributed by atoms with Gasteiger partial charge in [0.15, 0.2) is 0 Å².